The molecular weight excluding hydrogens is 291 g/mol. The SMILES string of the molecule is CCO[Si](CC(C)(C)OP(=O)(O)O)(OCC)OCC. The fourth-order valence-electron chi connectivity index (χ4n) is 1.81. The van der Waals surface area contributed by atoms with Gasteiger partial charge in [0.25, 0.3) is 0 Å². The van der Waals surface area contributed by atoms with E-state index in [1.807, 2.05) is 20.8 Å². The van der Waals surface area contributed by atoms with Crippen molar-refractivity contribution in [1.29, 1.82) is 0 Å². The van der Waals surface area contributed by atoms with E-state index in [-0.39, 0.29) is 6.04 Å². The van der Waals surface area contributed by atoms with E-state index in [9.17, 15) is 4.57 Å². The summed E-state index contributed by atoms with van der Waals surface area (Å²) in [5.74, 6) is 0. The molecule has 0 saturated carbocycles. The first-order valence-corrected chi connectivity index (χ1v) is 9.74. The molecule has 0 amide bonds. The molecule has 116 valence electrons. The van der Waals surface area contributed by atoms with E-state index in [1.165, 1.54) is 0 Å². The molecule has 19 heavy (non-hydrogen) atoms. The van der Waals surface area contributed by atoms with Gasteiger partial charge in [0.2, 0.25) is 0 Å². The molecule has 0 rings (SSSR count). The first-order chi connectivity index (χ1) is 8.60. The molecule has 0 fully saturated rings. The lowest BCUT2D eigenvalue weighted by molar-refractivity contribution is 0.0295. The lowest BCUT2D eigenvalue weighted by atomic mass is 10.2. The summed E-state index contributed by atoms with van der Waals surface area (Å²) in [5, 5.41) is 0. The molecule has 0 spiro atoms. The topological polar surface area (TPSA) is 94.5 Å². The molecule has 0 unspecified atom stereocenters. The fourth-order valence-corrected chi connectivity index (χ4v) is 5.63. The van der Waals surface area contributed by atoms with Crippen molar-refractivity contribution in [1.82, 2.24) is 0 Å². The first-order valence-electron chi connectivity index (χ1n) is 6.28. The third kappa shape index (κ3) is 8.16. The Balaban J connectivity index is 5.00. The maximum atomic E-state index is 11.0. The number of phosphoric acid groups is 1. The van der Waals surface area contributed by atoms with Crippen molar-refractivity contribution < 1.29 is 32.2 Å². The minimum Gasteiger partial charge on any atom is -0.374 e. The molecule has 9 heteroatoms. The van der Waals surface area contributed by atoms with Gasteiger partial charge in [-0.3, -0.25) is 4.52 Å². The second-order valence-corrected chi connectivity index (χ2v) is 8.25. The van der Waals surface area contributed by atoms with Crippen LogP contribution in [-0.4, -0.2) is 44.0 Å². The van der Waals surface area contributed by atoms with Crippen molar-refractivity contribution in [3.05, 3.63) is 0 Å². The Morgan fingerprint density at radius 2 is 1.37 bits per heavy atom. The van der Waals surface area contributed by atoms with Gasteiger partial charge in [-0.05, 0) is 34.6 Å². The van der Waals surface area contributed by atoms with Crippen LogP contribution in [0.1, 0.15) is 34.6 Å². The van der Waals surface area contributed by atoms with Crippen LogP contribution in [0.15, 0.2) is 0 Å². The Morgan fingerprint density at radius 3 is 1.63 bits per heavy atom. The van der Waals surface area contributed by atoms with E-state index in [1.54, 1.807) is 13.8 Å². The standard InChI is InChI=1S/C10H25O7PSi/c1-6-14-19(15-7-2,16-8-3)9-10(4,5)17-18(11,12)13/h6-9H2,1-5H3,(H2,11,12,13). The summed E-state index contributed by atoms with van der Waals surface area (Å²) in [6.45, 7) is 9.80. The van der Waals surface area contributed by atoms with Crippen LogP contribution in [0.4, 0.5) is 0 Å². The molecule has 2 N–H and O–H groups in total. The highest BCUT2D eigenvalue weighted by molar-refractivity contribution is 7.46. The highest BCUT2D eigenvalue weighted by Crippen LogP contribution is 2.44. The first kappa shape index (κ1) is 19.2. The average Bonchev–Trinajstić information content (AvgIpc) is 2.13. The predicted octanol–water partition coefficient (Wildman–Crippen LogP) is 1.92. The fraction of sp³-hybridized carbons (Fsp3) is 1.00. The molecule has 0 bridgehead atoms. The van der Waals surface area contributed by atoms with Gasteiger partial charge in [-0.15, -0.1) is 0 Å². The minimum absolute atomic E-state index is 0.167. The number of rotatable bonds is 10. The van der Waals surface area contributed by atoms with Gasteiger partial charge < -0.3 is 23.1 Å². The monoisotopic (exact) mass is 316 g/mol. The summed E-state index contributed by atoms with van der Waals surface area (Å²) < 4.78 is 32.6. The Kier molecular flexibility index (Phi) is 7.93. The zero-order valence-corrected chi connectivity index (χ0v) is 14.1. The van der Waals surface area contributed by atoms with Crippen LogP contribution >= 0.6 is 7.82 Å². The number of hydrogen-bond donors (Lipinski definition) is 2. The van der Waals surface area contributed by atoms with Crippen LogP contribution in [0, 0.1) is 0 Å². The van der Waals surface area contributed by atoms with Crippen molar-refractivity contribution in [2.75, 3.05) is 19.8 Å². The van der Waals surface area contributed by atoms with Crippen LogP contribution in [0.5, 0.6) is 0 Å². The third-order valence-electron chi connectivity index (χ3n) is 2.10. The second kappa shape index (κ2) is 7.85. The van der Waals surface area contributed by atoms with Crippen molar-refractivity contribution in [2.45, 2.75) is 46.3 Å². The lowest BCUT2D eigenvalue weighted by Crippen LogP contribution is -2.51. The third-order valence-corrected chi connectivity index (χ3v) is 6.30. The second-order valence-electron chi connectivity index (χ2n) is 4.50. The van der Waals surface area contributed by atoms with Crippen LogP contribution in [0.3, 0.4) is 0 Å². The molecule has 0 aliphatic carbocycles. The molecule has 7 nitrogen and oxygen atoms in total. The normalized spacial score (nSPS) is 13.8. The van der Waals surface area contributed by atoms with Gasteiger partial charge in [-0.2, -0.15) is 0 Å². The Labute approximate surface area is 115 Å². The van der Waals surface area contributed by atoms with E-state index in [0.717, 1.165) is 0 Å². The maximum Gasteiger partial charge on any atom is 0.503 e. The van der Waals surface area contributed by atoms with Gasteiger partial charge in [0.1, 0.15) is 0 Å². The summed E-state index contributed by atoms with van der Waals surface area (Å²) in [5.41, 5.74) is -1.11. The number of hydrogen-bond acceptors (Lipinski definition) is 5. The zero-order valence-electron chi connectivity index (χ0n) is 12.2. The summed E-state index contributed by atoms with van der Waals surface area (Å²) >= 11 is 0. The van der Waals surface area contributed by atoms with Gasteiger partial charge in [-0.25, -0.2) is 4.57 Å². The van der Waals surface area contributed by atoms with E-state index in [0.29, 0.717) is 19.8 Å². The van der Waals surface area contributed by atoms with E-state index in [2.05, 4.69) is 0 Å². The number of phosphoric ester groups is 1. The lowest BCUT2D eigenvalue weighted by Gasteiger charge is -2.35. The molecule has 0 aliphatic heterocycles. The minimum atomic E-state index is -4.57. The van der Waals surface area contributed by atoms with E-state index >= 15 is 0 Å². The molecule has 0 saturated heterocycles. The van der Waals surface area contributed by atoms with E-state index in [4.69, 9.17) is 27.6 Å². The highest BCUT2D eigenvalue weighted by Gasteiger charge is 2.48. The van der Waals surface area contributed by atoms with Gasteiger partial charge in [-0.1, -0.05) is 0 Å². The van der Waals surface area contributed by atoms with Gasteiger partial charge >= 0.3 is 16.6 Å². The summed E-state index contributed by atoms with van der Waals surface area (Å²) in [6, 6.07) is 0.167. The van der Waals surface area contributed by atoms with Gasteiger partial charge in [0.15, 0.2) is 0 Å². The highest BCUT2D eigenvalue weighted by atomic mass is 31.2. The quantitative estimate of drug-likeness (QED) is 0.469. The predicted molar refractivity (Wildman–Crippen MR) is 72.6 cm³/mol. The van der Waals surface area contributed by atoms with E-state index < -0.39 is 22.2 Å². The summed E-state index contributed by atoms with van der Waals surface area (Å²) in [4.78, 5) is 17.8. The summed E-state index contributed by atoms with van der Waals surface area (Å²) in [6.07, 6.45) is 0. The zero-order chi connectivity index (χ0) is 15.2. The van der Waals surface area contributed by atoms with Gasteiger partial charge in [0, 0.05) is 25.9 Å². The molecule has 0 radical (unpaired) electrons. The molecule has 0 aromatic carbocycles. The Morgan fingerprint density at radius 1 is 1.00 bits per heavy atom. The Bertz CT molecular complexity index is 287. The van der Waals surface area contributed by atoms with Crippen LogP contribution in [-0.2, 0) is 22.4 Å². The molecule has 0 aliphatic rings. The molecular formula is C10H25O7PSi. The molecule has 0 aromatic heterocycles. The molecule has 0 aromatic rings. The van der Waals surface area contributed by atoms with Crippen LogP contribution in [0.2, 0.25) is 6.04 Å². The van der Waals surface area contributed by atoms with Crippen molar-refractivity contribution in [3.8, 4) is 0 Å². The average molecular weight is 316 g/mol. The molecule has 0 atom stereocenters. The van der Waals surface area contributed by atoms with Crippen molar-refractivity contribution >= 4 is 16.6 Å². The Hall–Kier alpha value is 0.207. The van der Waals surface area contributed by atoms with Crippen LogP contribution < -0.4 is 0 Å². The smallest absolute Gasteiger partial charge is 0.374 e. The van der Waals surface area contributed by atoms with Crippen molar-refractivity contribution in [2.24, 2.45) is 0 Å². The largest absolute Gasteiger partial charge is 0.503 e. The van der Waals surface area contributed by atoms with Gasteiger partial charge in [0.05, 0.1) is 5.60 Å². The molecule has 0 heterocycles. The van der Waals surface area contributed by atoms with Crippen molar-refractivity contribution in [3.63, 3.8) is 0 Å². The summed E-state index contributed by atoms with van der Waals surface area (Å²) in [7, 11) is -7.57. The maximum absolute atomic E-state index is 11.0. The van der Waals surface area contributed by atoms with Crippen LogP contribution in [0.25, 0.3) is 0 Å².